The molecule has 0 saturated heterocycles. The molecule has 8 nitrogen and oxygen atoms in total. The fraction of sp³-hybridized carbons (Fsp3) is 0.176. The number of carboxylic acid groups (broad SMARTS) is 1. The molecule has 214 valence electrons. The molecule has 4 rings (SSSR count). The summed E-state index contributed by atoms with van der Waals surface area (Å²) in [6, 6.07) is 32.3. The van der Waals surface area contributed by atoms with Crippen molar-refractivity contribution in [2.45, 2.75) is 25.8 Å². The van der Waals surface area contributed by atoms with E-state index in [0.717, 1.165) is 22.7 Å². The third-order valence-corrected chi connectivity index (χ3v) is 6.17. The van der Waals surface area contributed by atoms with Crippen LogP contribution in [0, 0.1) is 0 Å². The molecule has 0 aromatic heterocycles. The number of azo groups is 1. The largest absolute Gasteiger partial charge is 0.493 e. The van der Waals surface area contributed by atoms with Gasteiger partial charge in [0.1, 0.15) is 17.5 Å². The number of hydrogen-bond acceptors (Lipinski definition) is 7. The predicted octanol–water partition coefficient (Wildman–Crippen LogP) is 7.32. The maximum Gasteiger partial charge on any atom is 0.326 e. The first-order valence-electron chi connectivity index (χ1n) is 13.6. The minimum Gasteiger partial charge on any atom is -0.493 e. The summed E-state index contributed by atoms with van der Waals surface area (Å²) in [6.07, 6.45) is 2.36. The van der Waals surface area contributed by atoms with Gasteiger partial charge < -0.3 is 19.9 Å². The minimum absolute atomic E-state index is 0.184. The standard InChI is InChI=1S/C34H33N3O5/c1-25(23-33(38)27-9-4-2-5-10-27)35-32(34(39)40)24-26-13-17-30(18-14-26)41-21-8-22-42-31-19-15-29(16-20-31)37-36-28-11-6-3-7-12-28/h2-7,9-20,23,32,35H,8,21-22,24H2,1H3,(H,39,40)/b25-23+,37-36?. The van der Waals surface area contributed by atoms with Crippen molar-refractivity contribution in [3.05, 3.63) is 132 Å². The molecule has 0 aliphatic heterocycles. The first-order chi connectivity index (χ1) is 20.5. The number of carbonyl (C=O) groups excluding carboxylic acids is 1. The van der Waals surface area contributed by atoms with Gasteiger partial charge in [-0.1, -0.05) is 60.7 Å². The van der Waals surface area contributed by atoms with Crippen molar-refractivity contribution >= 4 is 23.1 Å². The van der Waals surface area contributed by atoms with Crippen LogP contribution in [0.3, 0.4) is 0 Å². The third kappa shape index (κ3) is 9.75. The number of aliphatic carboxylic acids is 1. The Bertz CT molecular complexity index is 1490. The molecular formula is C34H33N3O5. The number of ether oxygens (including phenoxy) is 2. The second-order valence-corrected chi connectivity index (χ2v) is 9.52. The maximum atomic E-state index is 12.4. The van der Waals surface area contributed by atoms with Crippen molar-refractivity contribution < 1.29 is 24.2 Å². The normalized spacial score (nSPS) is 12.1. The molecule has 0 heterocycles. The molecule has 1 atom stereocenters. The number of nitrogens with zero attached hydrogens (tertiary/aromatic N) is 2. The van der Waals surface area contributed by atoms with Gasteiger partial charge >= 0.3 is 5.97 Å². The molecule has 4 aromatic carbocycles. The van der Waals surface area contributed by atoms with Crippen LogP contribution in [-0.4, -0.2) is 36.1 Å². The summed E-state index contributed by atoms with van der Waals surface area (Å²) in [5.74, 6) is 0.253. The Morgan fingerprint density at radius 2 is 1.29 bits per heavy atom. The summed E-state index contributed by atoms with van der Waals surface area (Å²) < 4.78 is 11.6. The highest BCUT2D eigenvalue weighted by molar-refractivity contribution is 6.04. The van der Waals surface area contributed by atoms with E-state index in [1.807, 2.05) is 84.9 Å². The van der Waals surface area contributed by atoms with E-state index in [1.165, 1.54) is 6.08 Å². The van der Waals surface area contributed by atoms with Crippen LogP contribution in [-0.2, 0) is 11.2 Å². The Morgan fingerprint density at radius 1 is 0.762 bits per heavy atom. The van der Waals surface area contributed by atoms with Crippen molar-refractivity contribution in [1.29, 1.82) is 0 Å². The molecule has 42 heavy (non-hydrogen) atoms. The van der Waals surface area contributed by atoms with E-state index >= 15 is 0 Å². The molecular weight excluding hydrogens is 530 g/mol. The van der Waals surface area contributed by atoms with E-state index in [4.69, 9.17) is 9.47 Å². The van der Waals surface area contributed by atoms with Crippen LogP contribution in [0.2, 0.25) is 0 Å². The van der Waals surface area contributed by atoms with Gasteiger partial charge in [-0.2, -0.15) is 10.2 Å². The molecule has 2 N–H and O–H groups in total. The predicted molar refractivity (Wildman–Crippen MR) is 162 cm³/mol. The first-order valence-corrected chi connectivity index (χ1v) is 13.6. The second kappa shape index (κ2) is 15.5. The van der Waals surface area contributed by atoms with Gasteiger partial charge in [0, 0.05) is 30.2 Å². The van der Waals surface area contributed by atoms with Gasteiger partial charge in [0.15, 0.2) is 5.78 Å². The van der Waals surface area contributed by atoms with Gasteiger partial charge in [-0.25, -0.2) is 4.79 Å². The number of nitrogens with one attached hydrogen (secondary N) is 1. The molecule has 0 fully saturated rings. The van der Waals surface area contributed by atoms with Crippen molar-refractivity contribution in [3.8, 4) is 11.5 Å². The summed E-state index contributed by atoms with van der Waals surface area (Å²) in [4.78, 5) is 24.2. The summed E-state index contributed by atoms with van der Waals surface area (Å²) in [5.41, 5.74) is 3.41. The highest BCUT2D eigenvalue weighted by Gasteiger charge is 2.18. The summed E-state index contributed by atoms with van der Waals surface area (Å²) in [6.45, 7) is 2.65. The fourth-order valence-electron chi connectivity index (χ4n) is 4.01. The molecule has 0 aliphatic rings. The molecule has 1 unspecified atom stereocenters. The SMILES string of the molecule is C/C(=C\C(=O)c1ccccc1)NC(Cc1ccc(OCCCOc2ccc(N=Nc3ccccc3)cc2)cc1)C(=O)O. The lowest BCUT2D eigenvalue weighted by molar-refractivity contribution is -0.139. The number of ketones is 1. The Hall–Kier alpha value is -5.24. The van der Waals surface area contributed by atoms with E-state index in [0.29, 0.717) is 36.6 Å². The zero-order chi connectivity index (χ0) is 29.6. The van der Waals surface area contributed by atoms with E-state index in [2.05, 4.69) is 15.5 Å². The van der Waals surface area contributed by atoms with Gasteiger partial charge in [-0.3, -0.25) is 4.79 Å². The molecule has 0 bridgehead atoms. The van der Waals surface area contributed by atoms with Crippen LogP contribution in [0.25, 0.3) is 0 Å². The van der Waals surface area contributed by atoms with Gasteiger partial charge in [-0.05, 0) is 61.0 Å². The maximum absolute atomic E-state index is 12.4. The van der Waals surface area contributed by atoms with Crippen LogP contribution in [0.4, 0.5) is 11.4 Å². The van der Waals surface area contributed by atoms with Gasteiger partial charge in [-0.15, -0.1) is 0 Å². The lowest BCUT2D eigenvalue weighted by Crippen LogP contribution is -2.37. The number of rotatable bonds is 15. The fourth-order valence-corrected chi connectivity index (χ4v) is 4.01. The molecule has 0 saturated carbocycles. The lowest BCUT2D eigenvalue weighted by Gasteiger charge is -2.16. The van der Waals surface area contributed by atoms with Gasteiger partial charge in [0.05, 0.1) is 24.6 Å². The number of benzene rings is 4. The number of carbonyl (C=O) groups is 2. The molecule has 0 amide bonds. The summed E-state index contributed by atoms with van der Waals surface area (Å²) in [5, 5.41) is 21.1. The highest BCUT2D eigenvalue weighted by atomic mass is 16.5. The summed E-state index contributed by atoms with van der Waals surface area (Å²) in [7, 11) is 0. The Kier molecular flexibility index (Phi) is 11.0. The third-order valence-electron chi connectivity index (χ3n) is 6.17. The van der Waals surface area contributed by atoms with E-state index in [-0.39, 0.29) is 12.2 Å². The molecule has 0 aliphatic carbocycles. The molecule has 4 aromatic rings. The highest BCUT2D eigenvalue weighted by Crippen LogP contribution is 2.21. The van der Waals surface area contributed by atoms with Gasteiger partial charge in [0.25, 0.3) is 0 Å². The number of allylic oxidation sites excluding steroid dienone is 2. The second-order valence-electron chi connectivity index (χ2n) is 9.52. The van der Waals surface area contributed by atoms with E-state index < -0.39 is 12.0 Å². The lowest BCUT2D eigenvalue weighted by atomic mass is 10.1. The Balaban J connectivity index is 1.17. The smallest absolute Gasteiger partial charge is 0.326 e. The molecule has 0 spiro atoms. The zero-order valence-corrected chi connectivity index (χ0v) is 23.4. The number of carboxylic acids is 1. The molecule has 0 radical (unpaired) electrons. The van der Waals surface area contributed by atoms with Crippen molar-refractivity contribution in [2.75, 3.05) is 13.2 Å². The average molecular weight is 564 g/mol. The van der Waals surface area contributed by atoms with E-state index in [9.17, 15) is 14.7 Å². The van der Waals surface area contributed by atoms with E-state index in [1.54, 1.807) is 31.2 Å². The Morgan fingerprint density at radius 3 is 1.86 bits per heavy atom. The van der Waals surface area contributed by atoms with Crippen LogP contribution >= 0.6 is 0 Å². The monoisotopic (exact) mass is 563 g/mol. The van der Waals surface area contributed by atoms with Crippen molar-refractivity contribution in [1.82, 2.24) is 5.32 Å². The first kappa shape index (κ1) is 29.7. The number of hydrogen-bond donors (Lipinski definition) is 2. The zero-order valence-electron chi connectivity index (χ0n) is 23.4. The topological polar surface area (TPSA) is 110 Å². The minimum atomic E-state index is -0.999. The van der Waals surface area contributed by atoms with Crippen LogP contribution < -0.4 is 14.8 Å². The van der Waals surface area contributed by atoms with Gasteiger partial charge in [0.2, 0.25) is 0 Å². The van der Waals surface area contributed by atoms with Crippen LogP contribution in [0.1, 0.15) is 29.3 Å². The summed E-state index contributed by atoms with van der Waals surface area (Å²) >= 11 is 0. The van der Waals surface area contributed by atoms with Crippen molar-refractivity contribution in [2.24, 2.45) is 10.2 Å². The quantitative estimate of drug-likeness (QED) is 0.0679. The average Bonchev–Trinajstić information content (AvgIpc) is 3.01. The Labute approximate surface area is 245 Å². The van der Waals surface area contributed by atoms with Crippen LogP contribution in [0.15, 0.2) is 131 Å². The van der Waals surface area contributed by atoms with Crippen LogP contribution in [0.5, 0.6) is 11.5 Å². The van der Waals surface area contributed by atoms with Crippen molar-refractivity contribution in [3.63, 3.8) is 0 Å². The molecule has 8 heteroatoms.